The second-order valence-corrected chi connectivity index (χ2v) is 8.06. The van der Waals surface area contributed by atoms with Gasteiger partial charge in [0.05, 0.1) is 13.1 Å². The number of hydrogen-bond donors (Lipinski definition) is 1. The van der Waals surface area contributed by atoms with Crippen molar-refractivity contribution in [2.24, 2.45) is 0 Å². The van der Waals surface area contributed by atoms with Crippen LogP contribution in [0.2, 0.25) is 0 Å². The van der Waals surface area contributed by atoms with Crippen molar-refractivity contribution >= 4 is 23.4 Å². The van der Waals surface area contributed by atoms with Crippen LogP contribution >= 0.6 is 0 Å². The van der Waals surface area contributed by atoms with E-state index in [4.69, 9.17) is 0 Å². The molecule has 0 atom stereocenters. The number of nitrogens with zero attached hydrogens (tertiary/aromatic N) is 2. The van der Waals surface area contributed by atoms with Gasteiger partial charge in [0.1, 0.15) is 0 Å². The molecule has 1 heterocycles. The number of halogens is 3. The zero-order valence-corrected chi connectivity index (χ0v) is 18.3. The lowest BCUT2D eigenvalue weighted by Gasteiger charge is -2.33. The number of amides is 3. The van der Waals surface area contributed by atoms with E-state index in [-0.39, 0.29) is 18.1 Å². The molecule has 0 radical (unpaired) electrons. The number of urea groups is 1. The summed E-state index contributed by atoms with van der Waals surface area (Å²) in [4.78, 5) is 39.8. The molecule has 2 aromatic rings. The molecule has 1 fully saturated rings. The molecule has 0 spiro atoms. The van der Waals surface area contributed by atoms with E-state index in [2.05, 4.69) is 0 Å². The number of nitrogens with one attached hydrogen (secondary N) is 1. The van der Waals surface area contributed by atoms with Gasteiger partial charge < -0.3 is 10.2 Å². The molecule has 1 aliphatic rings. The van der Waals surface area contributed by atoms with Crippen molar-refractivity contribution < 1.29 is 27.6 Å². The zero-order valence-electron chi connectivity index (χ0n) is 18.3. The van der Waals surface area contributed by atoms with Gasteiger partial charge in [-0.2, -0.15) is 13.2 Å². The van der Waals surface area contributed by atoms with Gasteiger partial charge in [0.2, 0.25) is 0 Å². The van der Waals surface area contributed by atoms with Crippen molar-refractivity contribution in [1.82, 2.24) is 10.2 Å². The van der Waals surface area contributed by atoms with Gasteiger partial charge in [-0.25, -0.2) is 4.79 Å². The fourth-order valence-electron chi connectivity index (χ4n) is 3.66. The Bertz CT molecular complexity index is 1000. The number of benzene rings is 2. The second-order valence-electron chi connectivity index (χ2n) is 8.06. The maximum Gasteiger partial charge on any atom is 0.471 e. The lowest BCUT2D eigenvalue weighted by atomic mass is 10.1. The number of carbonyl (C=O) groups is 3. The van der Waals surface area contributed by atoms with Crippen molar-refractivity contribution in [2.75, 3.05) is 24.5 Å². The first kappa shape index (κ1) is 24.3. The van der Waals surface area contributed by atoms with Crippen molar-refractivity contribution in [3.8, 4) is 0 Å². The molecular formula is C24H26F3N3O3. The summed E-state index contributed by atoms with van der Waals surface area (Å²) in [7, 11) is 0. The summed E-state index contributed by atoms with van der Waals surface area (Å²) < 4.78 is 36.8. The van der Waals surface area contributed by atoms with Crippen LogP contribution in [-0.4, -0.2) is 48.4 Å². The largest absolute Gasteiger partial charge is 0.471 e. The van der Waals surface area contributed by atoms with E-state index >= 15 is 0 Å². The molecule has 3 rings (SSSR count). The number of hydrogen-bond acceptors (Lipinski definition) is 3. The van der Waals surface area contributed by atoms with Crippen LogP contribution in [-0.2, 0) is 11.3 Å². The van der Waals surface area contributed by atoms with Crippen molar-refractivity contribution in [3.05, 3.63) is 65.2 Å². The van der Waals surface area contributed by atoms with Crippen LogP contribution in [0, 0.1) is 6.92 Å². The fraction of sp³-hybridized carbons (Fsp3) is 0.375. The molecule has 1 aliphatic heterocycles. The van der Waals surface area contributed by atoms with Crippen LogP contribution in [0.1, 0.15) is 40.7 Å². The van der Waals surface area contributed by atoms with E-state index in [1.807, 2.05) is 36.1 Å². The maximum atomic E-state index is 13.3. The smallest absolute Gasteiger partial charge is 0.341 e. The number of ketones is 1. The molecule has 6 nitrogen and oxygen atoms in total. The average Bonchev–Trinajstić information content (AvgIpc) is 2.80. The topological polar surface area (TPSA) is 69.7 Å². The molecule has 1 N–H and O–H groups in total. The lowest BCUT2D eigenvalue weighted by Crippen LogP contribution is -2.45. The van der Waals surface area contributed by atoms with Gasteiger partial charge in [-0.3, -0.25) is 14.5 Å². The number of carbonyl (C=O) groups excluding carboxylic acids is 3. The average molecular weight is 461 g/mol. The molecule has 176 valence electrons. The van der Waals surface area contributed by atoms with Gasteiger partial charge in [-0.15, -0.1) is 0 Å². The number of aryl methyl sites for hydroxylation is 1. The first-order valence-corrected chi connectivity index (χ1v) is 10.8. The Kier molecular flexibility index (Phi) is 7.73. The third kappa shape index (κ3) is 6.57. The predicted molar refractivity (Wildman–Crippen MR) is 118 cm³/mol. The minimum Gasteiger partial charge on any atom is -0.341 e. The molecule has 0 bridgehead atoms. The highest BCUT2D eigenvalue weighted by Gasteiger charge is 2.38. The highest BCUT2D eigenvalue weighted by atomic mass is 19.4. The molecule has 2 aromatic carbocycles. The number of likely N-dealkylation sites (tertiary alicyclic amines) is 1. The predicted octanol–water partition coefficient (Wildman–Crippen LogP) is 4.47. The SMILES string of the molecule is Cc1cccc(N(Cc2ccc(C(=O)CNC(=O)C(F)(F)F)cc2)C(=O)N2CCCCC2)c1. The monoisotopic (exact) mass is 461 g/mol. The summed E-state index contributed by atoms with van der Waals surface area (Å²) in [6.45, 7) is 2.89. The third-order valence-electron chi connectivity index (χ3n) is 5.45. The molecular weight excluding hydrogens is 435 g/mol. The van der Waals surface area contributed by atoms with Crippen LogP contribution in [0.25, 0.3) is 0 Å². The van der Waals surface area contributed by atoms with Crippen molar-refractivity contribution in [2.45, 2.75) is 38.9 Å². The molecule has 33 heavy (non-hydrogen) atoms. The molecule has 1 saturated heterocycles. The summed E-state index contributed by atoms with van der Waals surface area (Å²) in [5.74, 6) is -2.79. The summed E-state index contributed by atoms with van der Waals surface area (Å²) in [5.41, 5.74) is 2.72. The van der Waals surface area contributed by atoms with E-state index in [0.29, 0.717) is 13.1 Å². The Morgan fingerprint density at radius 3 is 2.27 bits per heavy atom. The standard InChI is InChI=1S/C24H26F3N3O3/c1-17-6-5-7-20(14-17)30(23(33)29-12-3-2-4-13-29)16-18-8-10-19(11-9-18)21(31)15-28-22(32)24(25,26)27/h5-11,14H,2-4,12-13,15-16H2,1H3,(H,28,32). The fourth-order valence-corrected chi connectivity index (χ4v) is 3.66. The van der Waals surface area contributed by atoms with Crippen molar-refractivity contribution in [3.63, 3.8) is 0 Å². The third-order valence-corrected chi connectivity index (χ3v) is 5.45. The Labute approximate surface area is 190 Å². The minimum atomic E-state index is -5.04. The van der Waals surface area contributed by atoms with E-state index in [0.717, 1.165) is 36.1 Å². The highest BCUT2D eigenvalue weighted by molar-refractivity contribution is 5.99. The Morgan fingerprint density at radius 1 is 1.00 bits per heavy atom. The van der Waals surface area contributed by atoms with E-state index in [1.165, 1.54) is 12.1 Å². The summed E-state index contributed by atoms with van der Waals surface area (Å²) >= 11 is 0. The van der Waals surface area contributed by atoms with E-state index in [1.54, 1.807) is 22.3 Å². The molecule has 9 heteroatoms. The van der Waals surface area contributed by atoms with Crippen LogP contribution in [0.4, 0.5) is 23.7 Å². The number of alkyl halides is 3. The molecule has 0 aliphatic carbocycles. The van der Waals surface area contributed by atoms with Gasteiger partial charge in [0.15, 0.2) is 5.78 Å². The first-order chi connectivity index (χ1) is 15.6. The number of anilines is 1. The normalized spacial score (nSPS) is 14.0. The molecule has 0 aromatic heterocycles. The molecule has 3 amide bonds. The maximum absolute atomic E-state index is 13.3. The number of rotatable bonds is 6. The number of Topliss-reactive ketones (excluding diaryl/α,β-unsaturated/α-hetero) is 1. The Hall–Kier alpha value is -3.36. The highest BCUT2D eigenvalue weighted by Crippen LogP contribution is 2.23. The van der Waals surface area contributed by atoms with Gasteiger partial charge >= 0.3 is 18.1 Å². The quantitative estimate of drug-likeness (QED) is 0.646. The van der Waals surface area contributed by atoms with Gasteiger partial charge in [-0.05, 0) is 49.4 Å². The van der Waals surface area contributed by atoms with Gasteiger partial charge in [0.25, 0.3) is 0 Å². The number of piperidine rings is 1. The minimum absolute atomic E-state index is 0.0877. The van der Waals surface area contributed by atoms with E-state index in [9.17, 15) is 27.6 Å². The molecule has 0 unspecified atom stereocenters. The molecule has 0 saturated carbocycles. The van der Waals surface area contributed by atoms with Crippen LogP contribution in [0.5, 0.6) is 0 Å². The summed E-state index contributed by atoms with van der Waals surface area (Å²) in [5, 5.41) is 1.57. The van der Waals surface area contributed by atoms with E-state index < -0.39 is 24.4 Å². The van der Waals surface area contributed by atoms with Crippen LogP contribution in [0.3, 0.4) is 0 Å². The Morgan fingerprint density at radius 2 is 1.67 bits per heavy atom. The zero-order chi connectivity index (χ0) is 24.0. The first-order valence-electron chi connectivity index (χ1n) is 10.8. The lowest BCUT2D eigenvalue weighted by molar-refractivity contribution is -0.173. The Balaban J connectivity index is 1.72. The van der Waals surface area contributed by atoms with Gasteiger partial charge in [0, 0.05) is 24.3 Å². The van der Waals surface area contributed by atoms with Gasteiger partial charge in [-0.1, -0.05) is 36.4 Å². The summed E-state index contributed by atoms with van der Waals surface area (Å²) in [6, 6.07) is 13.8. The van der Waals surface area contributed by atoms with Crippen LogP contribution < -0.4 is 10.2 Å². The second kappa shape index (κ2) is 10.5. The summed E-state index contributed by atoms with van der Waals surface area (Å²) in [6.07, 6.45) is -2.00. The van der Waals surface area contributed by atoms with Crippen LogP contribution in [0.15, 0.2) is 48.5 Å². The van der Waals surface area contributed by atoms with Crippen molar-refractivity contribution in [1.29, 1.82) is 0 Å².